The number of carbonyl (C=O) groups excluding carboxylic acids is 3. The van der Waals surface area contributed by atoms with E-state index in [1.807, 2.05) is 6.92 Å². The quantitative estimate of drug-likeness (QED) is 0.723. The maximum atomic E-state index is 13.2. The van der Waals surface area contributed by atoms with Crippen LogP contribution < -0.4 is 11.1 Å². The van der Waals surface area contributed by atoms with E-state index in [0.29, 0.717) is 10.6 Å². The average molecular weight is 418 g/mol. The minimum absolute atomic E-state index is 0.0735. The molecule has 3 amide bonds. The van der Waals surface area contributed by atoms with Gasteiger partial charge in [0.15, 0.2) is 0 Å². The van der Waals surface area contributed by atoms with Gasteiger partial charge in [0.25, 0.3) is 5.91 Å². The molecule has 6 nitrogen and oxygen atoms in total. The van der Waals surface area contributed by atoms with Crippen LogP contribution in [0.4, 0.5) is 9.39 Å². The molecule has 0 radical (unpaired) electrons. The molecule has 1 heterocycles. The number of anilines is 1. The van der Waals surface area contributed by atoms with Crippen molar-refractivity contribution in [3.05, 3.63) is 51.7 Å². The number of rotatable bonds is 7. The van der Waals surface area contributed by atoms with Crippen LogP contribution in [0, 0.1) is 25.6 Å². The Hall–Kier alpha value is -2.74. The normalized spacial score (nSPS) is 13.6. The van der Waals surface area contributed by atoms with Crippen LogP contribution in [0.25, 0.3) is 0 Å². The minimum atomic E-state index is -0.601. The number of carbonyl (C=O) groups is 3. The van der Waals surface area contributed by atoms with E-state index in [-0.39, 0.29) is 30.7 Å². The molecule has 0 bridgehead atoms. The molecule has 0 unspecified atom stereocenters. The van der Waals surface area contributed by atoms with Gasteiger partial charge < -0.3 is 16.0 Å². The van der Waals surface area contributed by atoms with Crippen LogP contribution in [-0.2, 0) is 16.1 Å². The van der Waals surface area contributed by atoms with Gasteiger partial charge in [-0.3, -0.25) is 14.4 Å². The molecule has 2 aromatic rings. The van der Waals surface area contributed by atoms with Gasteiger partial charge in [-0.2, -0.15) is 0 Å². The van der Waals surface area contributed by atoms with E-state index < -0.39 is 11.8 Å². The van der Waals surface area contributed by atoms with Gasteiger partial charge in [0, 0.05) is 17.3 Å². The summed E-state index contributed by atoms with van der Waals surface area (Å²) < 4.78 is 13.2. The van der Waals surface area contributed by atoms with E-state index in [9.17, 15) is 18.8 Å². The van der Waals surface area contributed by atoms with Crippen LogP contribution in [0.2, 0.25) is 0 Å². The Morgan fingerprint density at radius 1 is 1.21 bits per heavy atom. The van der Waals surface area contributed by atoms with E-state index >= 15 is 0 Å². The van der Waals surface area contributed by atoms with Crippen molar-refractivity contribution in [2.45, 2.75) is 39.7 Å². The largest absolute Gasteiger partial charge is 0.365 e. The van der Waals surface area contributed by atoms with Gasteiger partial charge in [0.05, 0.1) is 5.56 Å². The summed E-state index contributed by atoms with van der Waals surface area (Å²) >= 11 is 1.28. The number of nitrogens with one attached hydrogen (secondary N) is 1. The lowest BCUT2D eigenvalue weighted by atomic mass is 9.84. The number of hydrogen-bond donors (Lipinski definition) is 2. The summed E-state index contributed by atoms with van der Waals surface area (Å²) in [4.78, 5) is 39.6. The molecule has 1 aromatic heterocycles. The zero-order valence-corrected chi connectivity index (χ0v) is 17.3. The fraction of sp³-hybridized carbons (Fsp3) is 0.381. The fourth-order valence-corrected chi connectivity index (χ4v) is 4.37. The van der Waals surface area contributed by atoms with Gasteiger partial charge in [-0.1, -0.05) is 18.6 Å². The number of thiophene rings is 1. The van der Waals surface area contributed by atoms with Crippen molar-refractivity contribution in [3.63, 3.8) is 0 Å². The highest BCUT2D eigenvalue weighted by Crippen LogP contribution is 2.32. The first kappa shape index (κ1) is 21.0. The molecule has 0 saturated heterocycles. The van der Waals surface area contributed by atoms with Crippen LogP contribution in [0.3, 0.4) is 0 Å². The number of nitrogens with two attached hydrogens (primary N) is 1. The van der Waals surface area contributed by atoms with Crippen molar-refractivity contribution < 1.29 is 18.8 Å². The van der Waals surface area contributed by atoms with Crippen molar-refractivity contribution in [3.8, 4) is 0 Å². The van der Waals surface area contributed by atoms with E-state index in [0.717, 1.165) is 35.3 Å². The molecule has 154 valence electrons. The number of hydrogen-bond acceptors (Lipinski definition) is 4. The zero-order valence-electron chi connectivity index (χ0n) is 16.5. The summed E-state index contributed by atoms with van der Waals surface area (Å²) in [5.41, 5.74) is 7.24. The molecule has 1 saturated carbocycles. The molecule has 0 aliphatic heterocycles. The van der Waals surface area contributed by atoms with E-state index in [1.54, 1.807) is 19.1 Å². The predicted octanol–water partition coefficient (Wildman–Crippen LogP) is 3.37. The smallest absolute Gasteiger partial charge is 0.251 e. The van der Waals surface area contributed by atoms with Crippen molar-refractivity contribution in [1.29, 1.82) is 0 Å². The first-order valence-corrected chi connectivity index (χ1v) is 10.3. The maximum absolute atomic E-state index is 13.2. The molecule has 29 heavy (non-hydrogen) atoms. The van der Waals surface area contributed by atoms with Crippen molar-refractivity contribution in [2.24, 2.45) is 11.7 Å². The van der Waals surface area contributed by atoms with Gasteiger partial charge in [-0.05, 0) is 49.9 Å². The van der Waals surface area contributed by atoms with Crippen LogP contribution in [0.5, 0.6) is 0 Å². The number of aryl methyl sites for hydroxylation is 1. The minimum Gasteiger partial charge on any atom is -0.365 e. The van der Waals surface area contributed by atoms with Gasteiger partial charge in [0.1, 0.15) is 17.4 Å². The van der Waals surface area contributed by atoms with E-state index in [1.165, 1.54) is 28.4 Å². The summed E-state index contributed by atoms with van der Waals surface area (Å²) in [6.07, 6.45) is 2.63. The predicted molar refractivity (Wildman–Crippen MR) is 110 cm³/mol. The molecule has 3 N–H and O–H groups in total. The topological polar surface area (TPSA) is 92.5 Å². The van der Waals surface area contributed by atoms with Crippen molar-refractivity contribution in [2.75, 3.05) is 11.9 Å². The zero-order chi connectivity index (χ0) is 21.1. The van der Waals surface area contributed by atoms with Crippen LogP contribution in [0.1, 0.15) is 45.6 Å². The molecular weight excluding hydrogens is 393 g/mol. The summed E-state index contributed by atoms with van der Waals surface area (Å²) in [5.74, 6) is -1.51. The van der Waals surface area contributed by atoms with Crippen LogP contribution >= 0.6 is 11.3 Å². The Balaban J connectivity index is 1.75. The Morgan fingerprint density at radius 3 is 2.41 bits per heavy atom. The molecule has 0 spiro atoms. The van der Waals surface area contributed by atoms with Crippen LogP contribution in [0.15, 0.2) is 24.3 Å². The molecule has 1 aliphatic rings. The van der Waals surface area contributed by atoms with Crippen molar-refractivity contribution >= 4 is 34.1 Å². The number of nitrogens with zero attached hydrogens (tertiary/aromatic N) is 1. The molecule has 1 aliphatic carbocycles. The number of halogens is 1. The monoisotopic (exact) mass is 417 g/mol. The third-order valence-electron chi connectivity index (χ3n) is 5.27. The molecule has 8 heteroatoms. The lowest BCUT2D eigenvalue weighted by Gasteiger charge is -2.31. The molecule has 1 fully saturated rings. The Morgan fingerprint density at radius 2 is 1.86 bits per heavy atom. The highest BCUT2D eigenvalue weighted by atomic mass is 32.1. The highest BCUT2D eigenvalue weighted by molar-refractivity contribution is 7.16. The first-order valence-electron chi connectivity index (χ1n) is 9.49. The lowest BCUT2D eigenvalue weighted by molar-refractivity contribution is -0.141. The van der Waals surface area contributed by atoms with Crippen LogP contribution in [-0.4, -0.2) is 29.2 Å². The number of primary amides is 1. The summed E-state index contributed by atoms with van der Waals surface area (Å²) in [6.45, 7) is 3.70. The Kier molecular flexibility index (Phi) is 6.32. The first-order chi connectivity index (χ1) is 13.8. The highest BCUT2D eigenvalue weighted by Gasteiger charge is 2.31. The van der Waals surface area contributed by atoms with E-state index in [4.69, 9.17) is 5.73 Å². The van der Waals surface area contributed by atoms with Crippen molar-refractivity contribution in [1.82, 2.24) is 4.90 Å². The Bertz CT molecular complexity index is 935. The molecular formula is C21H24FN3O3S. The third-order valence-corrected chi connectivity index (χ3v) is 6.39. The molecule has 0 atom stereocenters. The summed E-state index contributed by atoms with van der Waals surface area (Å²) in [5, 5.41) is 3.13. The maximum Gasteiger partial charge on any atom is 0.251 e. The SMILES string of the molecule is Cc1sc(NC(=O)CN(Cc2ccc(F)cc2)C(=O)C2CCC2)c(C(N)=O)c1C. The third kappa shape index (κ3) is 4.82. The summed E-state index contributed by atoms with van der Waals surface area (Å²) in [6, 6.07) is 5.87. The number of benzene rings is 1. The van der Waals surface area contributed by atoms with Gasteiger partial charge in [-0.25, -0.2) is 4.39 Å². The summed E-state index contributed by atoms with van der Waals surface area (Å²) in [7, 11) is 0. The van der Waals surface area contributed by atoms with Gasteiger partial charge in [-0.15, -0.1) is 11.3 Å². The second-order valence-electron chi connectivity index (χ2n) is 7.35. The Labute approximate surface area is 172 Å². The second-order valence-corrected chi connectivity index (χ2v) is 8.57. The second kappa shape index (κ2) is 8.73. The van der Waals surface area contributed by atoms with E-state index in [2.05, 4.69) is 5.32 Å². The average Bonchev–Trinajstić information content (AvgIpc) is 2.88. The lowest BCUT2D eigenvalue weighted by Crippen LogP contribution is -2.42. The fourth-order valence-electron chi connectivity index (χ4n) is 3.29. The van der Waals surface area contributed by atoms with Gasteiger partial charge in [0.2, 0.25) is 11.8 Å². The molecule has 3 rings (SSSR count). The molecule has 1 aromatic carbocycles. The number of amides is 3. The van der Waals surface area contributed by atoms with Gasteiger partial charge >= 0.3 is 0 Å². The standard InChI is InChI=1S/C21H24FN3O3S/c1-12-13(2)29-20(18(12)19(23)27)24-17(26)11-25(21(28)15-4-3-5-15)10-14-6-8-16(22)9-7-14/h6-9,15H,3-5,10-11H2,1-2H3,(H2,23,27)(H,24,26).